The molecule has 1 aromatic carbocycles. The largest absolute Gasteiger partial charge is 0.351 e. The van der Waals surface area contributed by atoms with E-state index in [9.17, 15) is 9.59 Å². The Morgan fingerprint density at radius 3 is 2.53 bits per heavy atom. The summed E-state index contributed by atoms with van der Waals surface area (Å²) in [7, 11) is 0. The molecule has 0 atom stereocenters. The van der Waals surface area contributed by atoms with Gasteiger partial charge in [-0.25, -0.2) is 0 Å². The maximum absolute atomic E-state index is 11.6. The first-order valence-corrected chi connectivity index (χ1v) is 7.74. The minimum Gasteiger partial charge on any atom is -0.351 e. The van der Waals surface area contributed by atoms with Gasteiger partial charge in [-0.15, -0.1) is 0 Å². The number of carbonyl (C=O) groups excluding carboxylic acids is 2. The van der Waals surface area contributed by atoms with Gasteiger partial charge >= 0.3 is 0 Å². The van der Waals surface area contributed by atoms with Crippen LogP contribution in [0.4, 0.5) is 5.69 Å². The Morgan fingerprint density at radius 2 is 1.95 bits per heavy atom. The Morgan fingerprint density at radius 1 is 1.26 bits per heavy atom. The van der Waals surface area contributed by atoms with E-state index in [0.29, 0.717) is 12.3 Å². The highest BCUT2D eigenvalue weighted by molar-refractivity contribution is 7.99. The molecule has 1 fully saturated rings. The molecule has 0 heterocycles. The molecule has 0 aliphatic heterocycles. The zero-order valence-electron chi connectivity index (χ0n) is 10.9. The van der Waals surface area contributed by atoms with E-state index in [1.807, 2.05) is 30.5 Å². The number of amides is 2. The van der Waals surface area contributed by atoms with Crippen LogP contribution < -0.4 is 10.6 Å². The molecule has 2 N–H and O–H groups in total. The normalized spacial score (nSPS) is 13.9. The van der Waals surface area contributed by atoms with Gasteiger partial charge < -0.3 is 10.6 Å². The number of hydrogen-bond acceptors (Lipinski definition) is 3. The van der Waals surface area contributed by atoms with Gasteiger partial charge in [0.05, 0.1) is 5.75 Å². The Labute approximate surface area is 117 Å². The highest BCUT2D eigenvalue weighted by Crippen LogP contribution is 2.30. The third-order valence-corrected chi connectivity index (χ3v) is 3.49. The molecule has 5 heteroatoms. The fraction of sp³-hybridized carbons (Fsp3) is 0.429. The maximum atomic E-state index is 11.6. The van der Waals surface area contributed by atoms with Crippen molar-refractivity contribution < 1.29 is 9.59 Å². The van der Waals surface area contributed by atoms with Crippen LogP contribution in [0.25, 0.3) is 0 Å². The van der Waals surface area contributed by atoms with Crippen molar-refractivity contribution in [1.29, 1.82) is 0 Å². The van der Waals surface area contributed by atoms with Gasteiger partial charge in [-0.3, -0.25) is 9.59 Å². The van der Waals surface area contributed by atoms with Crippen LogP contribution in [0.15, 0.2) is 24.3 Å². The first-order valence-electron chi connectivity index (χ1n) is 6.34. The number of thioether (sulfide) groups is 1. The van der Waals surface area contributed by atoms with E-state index in [4.69, 9.17) is 0 Å². The summed E-state index contributed by atoms with van der Waals surface area (Å²) in [4.78, 5) is 22.9. The Balaban J connectivity index is 1.80. The average molecular weight is 278 g/mol. The topological polar surface area (TPSA) is 58.2 Å². The molecule has 2 rings (SSSR count). The molecule has 1 aromatic rings. The van der Waals surface area contributed by atoms with E-state index in [1.165, 1.54) is 11.8 Å². The third-order valence-electron chi connectivity index (χ3n) is 2.93. The lowest BCUT2D eigenvalue weighted by molar-refractivity contribution is -0.119. The Hall–Kier alpha value is -1.49. The second-order valence-electron chi connectivity index (χ2n) is 4.67. The summed E-state index contributed by atoms with van der Waals surface area (Å²) in [5.41, 5.74) is 1.84. The fourth-order valence-corrected chi connectivity index (χ4v) is 2.04. The summed E-state index contributed by atoms with van der Waals surface area (Å²) < 4.78 is 0. The molecule has 0 aromatic heterocycles. The van der Waals surface area contributed by atoms with Crippen LogP contribution in [0, 0.1) is 5.92 Å². The lowest BCUT2D eigenvalue weighted by Gasteiger charge is -2.07. The number of rotatable bonds is 6. The maximum Gasteiger partial charge on any atom is 0.230 e. The monoisotopic (exact) mass is 278 g/mol. The summed E-state index contributed by atoms with van der Waals surface area (Å²) in [5.74, 6) is 0.848. The van der Waals surface area contributed by atoms with Crippen molar-refractivity contribution in [2.24, 2.45) is 5.92 Å². The molecule has 0 radical (unpaired) electrons. The van der Waals surface area contributed by atoms with Gasteiger partial charge in [-0.2, -0.15) is 11.8 Å². The second kappa shape index (κ2) is 6.61. The summed E-state index contributed by atoms with van der Waals surface area (Å²) in [6.07, 6.45) is 3.91. The van der Waals surface area contributed by atoms with Crippen molar-refractivity contribution in [2.75, 3.05) is 17.3 Å². The first-order chi connectivity index (χ1) is 9.19. The molecule has 1 aliphatic carbocycles. The van der Waals surface area contributed by atoms with Crippen LogP contribution in [-0.4, -0.2) is 23.8 Å². The second-order valence-corrected chi connectivity index (χ2v) is 5.54. The molecule has 1 aliphatic rings. The molecule has 19 heavy (non-hydrogen) atoms. The summed E-state index contributed by atoms with van der Waals surface area (Å²) in [5, 5.41) is 5.73. The van der Waals surface area contributed by atoms with Crippen molar-refractivity contribution in [2.45, 2.75) is 19.4 Å². The predicted molar refractivity (Wildman–Crippen MR) is 78.0 cm³/mol. The third kappa shape index (κ3) is 4.59. The van der Waals surface area contributed by atoms with Gasteiger partial charge in [0.15, 0.2) is 0 Å². The zero-order chi connectivity index (χ0) is 13.7. The standard InChI is InChI=1S/C14H18N2O2S/c1-19-9-13(17)15-8-10-2-6-12(7-3-10)16-14(18)11-4-5-11/h2-3,6-7,11H,4-5,8-9H2,1H3,(H,15,17)(H,16,18). The molecule has 102 valence electrons. The number of anilines is 1. The highest BCUT2D eigenvalue weighted by atomic mass is 32.2. The summed E-state index contributed by atoms with van der Waals surface area (Å²) in [6, 6.07) is 7.58. The van der Waals surface area contributed by atoms with Crippen LogP contribution in [0.3, 0.4) is 0 Å². The molecule has 2 amide bonds. The summed E-state index contributed by atoms with van der Waals surface area (Å²) >= 11 is 1.50. The van der Waals surface area contributed by atoms with Gasteiger partial charge in [0, 0.05) is 18.2 Å². The predicted octanol–water partition coefficient (Wildman–Crippen LogP) is 2.01. The van der Waals surface area contributed by atoms with Gasteiger partial charge in [-0.1, -0.05) is 12.1 Å². The smallest absolute Gasteiger partial charge is 0.230 e. The van der Waals surface area contributed by atoms with E-state index < -0.39 is 0 Å². The fourth-order valence-electron chi connectivity index (χ4n) is 1.68. The van der Waals surface area contributed by atoms with E-state index >= 15 is 0 Å². The Kier molecular flexibility index (Phi) is 4.85. The van der Waals surface area contributed by atoms with Crippen molar-refractivity contribution in [3.8, 4) is 0 Å². The number of carbonyl (C=O) groups is 2. The quantitative estimate of drug-likeness (QED) is 0.837. The molecular formula is C14H18N2O2S. The van der Waals surface area contributed by atoms with E-state index in [0.717, 1.165) is 24.1 Å². The van der Waals surface area contributed by atoms with E-state index in [1.54, 1.807) is 0 Å². The number of hydrogen-bond donors (Lipinski definition) is 2. The lowest BCUT2D eigenvalue weighted by atomic mass is 10.2. The number of benzene rings is 1. The van der Waals surface area contributed by atoms with Crippen LogP contribution >= 0.6 is 11.8 Å². The van der Waals surface area contributed by atoms with Crippen molar-refractivity contribution in [3.05, 3.63) is 29.8 Å². The average Bonchev–Trinajstić information content (AvgIpc) is 3.22. The van der Waals surface area contributed by atoms with Crippen molar-refractivity contribution in [1.82, 2.24) is 5.32 Å². The molecule has 1 saturated carbocycles. The van der Waals surface area contributed by atoms with Crippen LogP contribution in [-0.2, 0) is 16.1 Å². The molecular weight excluding hydrogens is 260 g/mol. The molecule has 0 bridgehead atoms. The first kappa shape index (κ1) is 13.9. The van der Waals surface area contributed by atoms with Crippen molar-refractivity contribution >= 4 is 29.3 Å². The number of nitrogens with one attached hydrogen (secondary N) is 2. The van der Waals surface area contributed by atoms with Crippen molar-refractivity contribution in [3.63, 3.8) is 0 Å². The minimum absolute atomic E-state index is 0.0404. The summed E-state index contributed by atoms with van der Waals surface area (Å²) in [6.45, 7) is 0.524. The molecule has 0 spiro atoms. The van der Waals surface area contributed by atoms with Gasteiger partial charge in [0.2, 0.25) is 11.8 Å². The van der Waals surface area contributed by atoms with Gasteiger partial charge in [-0.05, 0) is 36.8 Å². The van der Waals surface area contributed by atoms with Crippen LogP contribution in [0.5, 0.6) is 0 Å². The lowest BCUT2D eigenvalue weighted by Crippen LogP contribution is -2.24. The van der Waals surface area contributed by atoms with Crippen LogP contribution in [0.1, 0.15) is 18.4 Å². The van der Waals surface area contributed by atoms with Crippen LogP contribution in [0.2, 0.25) is 0 Å². The van der Waals surface area contributed by atoms with Gasteiger partial charge in [0.25, 0.3) is 0 Å². The van der Waals surface area contributed by atoms with E-state index in [-0.39, 0.29) is 17.7 Å². The highest BCUT2D eigenvalue weighted by Gasteiger charge is 2.29. The van der Waals surface area contributed by atoms with E-state index in [2.05, 4.69) is 10.6 Å². The molecule has 4 nitrogen and oxygen atoms in total. The minimum atomic E-state index is 0.0404. The molecule has 0 unspecified atom stereocenters. The molecule has 0 saturated heterocycles. The van der Waals surface area contributed by atoms with Gasteiger partial charge in [0.1, 0.15) is 0 Å². The zero-order valence-corrected chi connectivity index (χ0v) is 11.8. The SMILES string of the molecule is CSCC(=O)NCc1ccc(NC(=O)C2CC2)cc1. The Bertz CT molecular complexity index is 455.